The average molecular weight is 612 g/mol. The fourth-order valence-electron chi connectivity index (χ4n) is 5.19. The molecular formula is C33H29N3O5S2. The van der Waals surface area contributed by atoms with Crippen molar-refractivity contribution in [2.24, 2.45) is 0 Å². The maximum Gasteiger partial charge on any atom is 0.301 e. The van der Waals surface area contributed by atoms with E-state index in [1.54, 1.807) is 42.5 Å². The number of hydrogen-bond donors (Lipinski definition) is 1. The van der Waals surface area contributed by atoms with Crippen molar-refractivity contribution < 1.29 is 24.2 Å². The van der Waals surface area contributed by atoms with E-state index < -0.39 is 17.7 Å². The lowest BCUT2D eigenvalue weighted by Crippen LogP contribution is -2.29. The molecule has 0 aliphatic carbocycles. The zero-order valence-electron chi connectivity index (χ0n) is 23.6. The van der Waals surface area contributed by atoms with Crippen LogP contribution in [0.25, 0.3) is 5.76 Å². The monoisotopic (exact) mass is 611 g/mol. The topological polar surface area (TPSA) is 102 Å². The van der Waals surface area contributed by atoms with Crippen LogP contribution in [-0.4, -0.2) is 39.7 Å². The van der Waals surface area contributed by atoms with E-state index in [1.165, 1.54) is 33.6 Å². The molecule has 218 valence electrons. The van der Waals surface area contributed by atoms with Crippen LogP contribution in [0.5, 0.6) is 11.5 Å². The first-order valence-electron chi connectivity index (χ1n) is 13.8. The molecule has 0 bridgehead atoms. The minimum atomic E-state index is -0.946. The van der Waals surface area contributed by atoms with Crippen LogP contribution in [0.15, 0.2) is 89.3 Å². The van der Waals surface area contributed by atoms with Crippen LogP contribution in [0.1, 0.15) is 40.8 Å². The molecule has 3 aromatic carbocycles. The summed E-state index contributed by atoms with van der Waals surface area (Å²) >= 11 is 2.73. The molecular weight excluding hydrogens is 583 g/mol. The van der Waals surface area contributed by atoms with Crippen LogP contribution in [0.3, 0.4) is 0 Å². The molecule has 2 aliphatic heterocycles. The molecule has 10 heteroatoms. The van der Waals surface area contributed by atoms with Gasteiger partial charge in [0.15, 0.2) is 4.34 Å². The summed E-state index contributed by atoms with van der Waals surface area (Å²) in [6.07, 6.45) is 2.34. The lowest BCUT2D eigenvalue weighted by atomic mass is 9.94. The van der Waals surface area contributed by atoms with Gasteiger partial charge in [0.05, 0.1) is 11.6 Å². The van der Waals surface area contributed by atoms with E-state index in [2.05, 4.69) is 41.0 Å². The number of nitrogens with zero attached hydrogens (tertiary/aromatic N) is 3. The van der Waals surface area contributed by atoms with Gasteiger partial charge in [0.1, 0.15) is 30.0 Å². The van der Waals surface area contributed by atoms with Crippen LogP contribution < -0.4 is 14.4 Å². The number of aliphatic hydroxyl groups excluding tert-OH is 1. The number of thioether (sulfide) groups is 1. The van der Waals surface area contributed by atoms with E-state index in [9.17, 15) is 14.7 Å². The van der Waals surface area contributed by atoms with E-state index in [0.29, 0.717) is 33.4 Å². The first-order valence-corrected chi connectivity index (χ1v) is 15.6. The zero-order valence-corrected chi connectivity index (χ0v) is 25.3. The van der Waals surface area contributed by atoms with E-state index in [1.807, 2.05) is 19.9 Å². The van der Waals surface area contributed by atoms with Gasteiger partial charge in [-0.1, -0.05) is 77.7 Å². The molecule has 3 heterocycles. The number of anilines is 1. The summed E-state index contributed by atoms with van der Waals surface area (Å²) < 4.78 is 12.2. The maximum atomic E-state index is 13.6. The molecule has 1 amide bonds. The average Bonchev–Trinajstić information content (AvgIpc) is 3.70. The number of ketones is 1. The number of Topliss-reactive ketones (excluding diaryl/α,β-unsaturated/α-hetero) is 1. The molecule has 2 atom stereocenters. The molecule has 8 nitrogen and oxygen atoms in total. The minimum absolute atomic E-state index is 0.0201. The summed E-state index contributed by atoms with van der Waals surface area (Å²) in [4.78, 5) is 28.6. The summed E-state index contributed by atoms with van der Waals surface area (Å²) in [5.41, 5.74) is 4.25. The Kier molecular flexibility index (Phi) is 8.05. The molecule has 43 heavy (non-hydrogen) atoms. The molecule has 0 saturated carbocycles. The van der Waals surface area contributed by atoms with Gasteiger partial charge in [0.25, 0.3) is 5.78 Å². The smallest absolute Gasteiger partial charge is 0.301 e. The van der Waals surface area contributed by atoms with Crippen LogP contribution in [-0.2, 0) is 21.8 Å². The number of aromatic nitrogens is 2. The van der Waals surface area contributed by atoms with Crippen molar-refractivity contribution in [1.82, 2.24) is 10.2 Å². The molecule has 0 radical (unpaired) electrons. The third-order valence-electron chi connectivity index (χ3n) is 7.24. The largest absolute Gasteiger partial charge is 0.507 e. The minimum Gasteiger partial charge on any atom is -0.507 e. The van der Waals surface area contributed by atoms with Gasteiger partial charge in [-0.25, -0.2) is 0 Å². The van der Waals surface area contributed by atoms with E-state index >= 15 is 0 Å². The summed E-state index contributed by atoms with van der Waals surface area (Å²) in [7, 11) is 0. The molecule has 6 rings (SSSR count). The van der Waals surface area contributed by atoms with E-state index in [0.717, 1.165) is 16.9 Å². The molecule has 1 N–H and O–H groups in total. The van der Waals surface area contributed by atoms with Crippen LogP contribution in [0.4, 0.5) is 5.13 Å². The molecule has 0 unspecified atom stereocenters. The number of benzene rings is 3. The predicted molar refractivity (Wildman–Crippen MR) is 168 cm³/mol. The second-order valence-corrected chi connectivity index (χ2v) is 12.6. The van der Waals surface area contributed by atoms with Gasteiger partial charge in [-0.05, 0) is 60.9 Å². The van der Waals surface area contributed by atoms with Crippen LogP contribution in [0.2, 0.25) is 0 Å². The highest BCUT2D eigenvalue weighted by atomic mass is 32.2. The zero-order chi connectivity index (χ0) is 30.1. The first kappa shape index (κ1) is 28.7. The van der Waals surface area contributed by atoms with Gasteiger partial charge in [0, 0.05) is 17.7 Å². The van der Waals surface area contributed by atoms with Crippen molar-refractivity contribution >= 4 is 45.7 Å². The Morgan fingerprint density at radius 3 is 2.77 bits per heavy atom. The van der Waals surface area contributed by atoms with Gasteiger partial charge in [-0.2, -0.15) is 0 Å². The number of aryl methyl sites for hydroxylation is 1. The fraction of sp³-hybridized carbons (Fsp3) is 0.212. The Bertz CT molecular complexity index is 1750. The second kappa shape index (κ2) is 12.1. The highest BCUT2D eigenvalue weighted by Crippen LogP contribution is 2.45. The Labute approximate surface area is 257 Å². The van der Waals surface area contributed by atoms with E-state index in [-0.39, 0.29) is 29.2 Å². The Morgan fingerprint density at radius 1 is 1.16 bits per heavy atom. The number of hydrogen-bond acceptors (Lipinski definition) is 9. The maximum absolute atomic E-state index is 13.6. The van der Waals surface area contributed by atoms with Gasteiger partial charge in [-0.15, -0.1) is 10.2 Å². The van der Waals surface area contributed by atoms with Crippen molar-refractivity contribution in [3.8, 4) is 11.5 Å². The fourth-order valence-corrected chi connectivity index (χ4v) is 7.01. The van der Waals surface area contributed by atoms with Crippen molar-refractivity contribution in [2.75, 3.05) is 11.5 Å². The highest BCUT2D eigenvalue weighted by Gasteiger charge is 2.48. The Hall–Kier alpha value is -4.41. The highest BCUT2D eigenvalue weighted by molar-refractivity contribution is 8.00. The number of amides is 1. The lowest BCUT2D eigenvalue weighted by Gasteiger charge is -2.23. The molecule has 1 aromatic heterocycles. The number of aliphatic hydroxyl groups is 1. The number of rotatable bonds is 9. The standard InChI is InChI=1S/C33H29N3O5S2/c1-4-14-40-25-7-5-6-22(17-25)28-27(29(37)23-12-13-26-24(16-23)15-20(3)41-26)30(38)31(39)36(28)32-34-35-33(43-32)42-18-21-10-8-19(2)9-11-21/h4-13,16-17,20,28,37H,1,14-15,18H2,2-3H3/t20-,28+/m0/s1. The quantitative estimate of drug-likeness (QED) is 0.0561. The van der Waals surface area contributed by atoms with Crippen molar-refractivity contribution in [3.05, 3.63) is 113 Å². The summed E-state index contributed by atoms with van der Waals surface area (Å²) in [5.74, 6) is 0.128. The first-order chi connectivity index (χ1) is 20.8. The second-order valence-electron chi connectivity index (χ2n) is 10.4. The number of carbonyl (C=O) groups is 2. The van der Waals surface area contributed by atoms with Gasteiger partial charge >= 0.3 is 5.91 Å². The number of fused-ring (bicyclic) bond motifs is 1. The SMILES string of the molecule is C=CCOc1cccc([C@@H]2C(=C(O)c3ccc4c(c3)C[C@H](C)O4)C(=O)C(=O)N2c2nnc(SCc3ccc(C)cc3)s2)c1. The molecule has 1 fully saturated rings. The van der Waals surface area contributed by atoms with Crippen LogP contribution >= 0.6 is 23.1 Å². The van der Waals surface area contributed by atoms with Gasteiger partial charge < -0.3 is 14.6 Å². The normalized spacial score (nSPS) is 18.9. The van der Waals surface area contributed by atoms with Crippen molar-refractivity contribution in [1.29, 1.82) is 0 Å². The number of ether oxygens (including phenoxy) is 2. The molecule has 1 saturated heterocycles. The van der Waals surface area contributed by atoms with E-state index in [4.69, 9.17) is 9.47 Å². The summed E-state index contributed by atoms with van der Waals surface area (Å²) in [5, 5.41) is 20.5. The van der Waals surface area contributed by atoms with Crippen molar-refractivity contribution in [2.45, 2.75) is 42.5 Å². The third-order valence-corrected chi connectivity index (χ3v) is 9.37. The molecule has 0 spiro atoms. The van der Waals surface area contributed by atoms with Crippen LogP contribution in [0, 0.1) is 6.92 Å². The number of carbonyl (C=O) groups excluding carboxylic acids is 2. The van der Waals surface area contributed by atoms with Gasteiger partial charge in [0.2, 0.25) is 5.13 Å². The summed E-state index contributed by atoms with van der Waals surface area (Å²) in [6.45, 7) is 8.00. The molecule has 4 aromatic rings. The summed E-state index contributed by atoms with van der Waals surface area (Å²) in [6, 6.07) is 19.7. The van der Waals surface area contributed by atoms with Gasteiger partial charge in [-0.3, -0.25) is 14.5 Å². The molecule has 2 aliphatic rings. The third kappa shape index (κ3) is 5.80. The Balaban J connectivity index is 1.39. The predicted octanol–water partition coefficient (Wildman–Crippen LogP) is 6.65. The van der Waals surface area contributed by atoms with Crippen molar-refractivity contribution in [3.63, 3.8) is 0 Å². The lowest BCUT2D eigenvalue weighted by molar-refractivity contribution is -0.132. The Morgan fingerprint density at radius 2 is 1.98 bits per heavy atom.